The number of hydrogen-bond acceptors (Lipinski definition) is 6. The highest BCUT2D eigenvalue weighted by molar-refractivity contribution is 7.14. The number of rotatable bonds is 5. The van der Waals surface area contributed by atoms with Crippen LogP contribution in [-0.4, -0.2) is 34.8 Å². The van der Waals surface area contributed by atoms with Gasteiger partial charge < -0.3 is 9.84 Å². The minimum absolute atomic E-state index is 0.0556. The number of fused-ring (bicyclic) bond motifs is 1. The van der Waals surface area contributed by atoms with Crippen LogP contribution in [0, 0.1) is 11.7 Å². The molecule has 1 aromatic heterocycles. The monoisotopic (exact) mass is 419 g/mol. The van der Waals surface area contributed by atoms with Crippen LogP contribution in [-0.2, 0) is 27.3 Å². The fourth-order valence-corrected chi connectivity index (χ4v) is 4.61. The minimum Gasteiger partial charge on any atom is -0.483 e. The van der Waals surface area contributed by atoms with Crippen LogP contribution in [0.5, 0.6) is 5.06 Å². The maximum atomic E-state index is 14.4. The summed E-state index contributed by atoms with van der Waals surface area (Å²) in [7, 11) is 0. The molecule has 29 heavy (non-hydrogen) atoms. The lowest BCUT2D eigenvalue weighted by Crippen LogP contribution is -2.38. The summed E-state index contributed by atoms with van der Waals surface area (Å²) in [6, 6.07) is 7.89. The standard InChI is InChI=1S/C20H20FNO3S.CH2O2/c1-12(23)25-18-10-14-11-22(9-8-17(14)26-18)19(20(24)13-6-7-13)15-4-2-3-5-16(15)21;2-1-3/h2-5,10,13,19H,6-9,11H2,1H3;1H,(H,2,3). The fourth-order valence-electron chi connectivity index (χ4n) is 3.56. The van der Waals surface area contributed by atoms with Gasteiger partial charge in [-0.15, -0.1) is 11.3 Å². The van der Waals surface area contributed by atoms with Crippen LogP contribution < -0.4 is 4.74 Å². The number of thiophene rings is 1. The van der Waals surface area contributed by atoms with Crippen LogP contribution in [0.15, 0.2) is 30.3 Å². The molecule has 1 aromatic carbocycles. The van der Waals surface area contributed by atoms with Gasteiger partial charge in [-0.25, -0.2) is 4.39 Å². The molecule has 0 spiro atoms. The number of benzene rings is 1. The third-order valence-corrected chi connectivity index (χ3v) is 6.05. The Kier molecular flexibility index (Phi) is 6.76. The van der Waals surface area contributed by atoms with E-state index in [0.29, 0.717) is 23.7 Å². The summed E-state index contributed by atoms with van der Waals surface area (Å²) in [4.78, 5) is 35.7. The Hall–Kier alpha value is -2.58. The van der Waals surface area contributed by atoms with Crippen molar-refractivity contribution >= 4 is 29.6 Å². The number of ketones is 1. The lowest BCUT2D eigenvalue weighted by Gasteiger charge is -2.34. The SMILES string of the molecule is CC(=O)Oc1cc2c(s1)CCN(C(C(=O)C1CC1)c1ccccc1F)C2.O=CO. The van der Waals surface area contributed by atoms with Gasteiger partial charge in [-0.05, 0) is 37.0 Å². The largest absolute Gasteiger partial charge is 0.483 e. The van der Waals surface area contributed by atoms with Crippen molar-refractivity contribution in [1.82, 2.24) is 4.90 Å². The van der Waals surface area contributed by atoms with E-state index in [1.54, 1.807) is 18.2 Å². The van der Waals surface area contributed by atoms with Gasteiger partial charge in [-0.3, -0.25) is 19.3 Å². The van der Waals surface area contributed by atoms with Crippen molar-refractivity contribution in [2.75, 3.05) is 6.54 Å². The second-order valence-electron chi connectivity index (χ2n) is 7.03. The third kappa shape index (κ3) is 5.07. The number of carbonyl (C=O) groups is 3. The number of halogens is 1. The Balaban J connectivity index is 0.000000755. The number of ether oxygens (including phenoxy) is 1. The lowest BCUT2D eigenvalue weighted by atomic mass is 9.95. The first-order valence-corrected chi connectivity index (χ1v) is 10.2. The molecule has 2 aromatic rings. The van der Waals surface area contributed by atoms with E-state index in [1.807, 2.05) is 6.07 Å². The summed E-state index contributed by atoms with van der Waals surface area (Å²) in [6.07, 6.45) is 2.57. The molecule has 0 saturated heterocycles. The molecule has 0 radical (unpaired) electrons. The summed E-state index contributed by atoms with van der Waals surface area (Å²) in [5.41, 5.74) is 1.52. The quantitative estimate of drug-likeness (QED) is 0.589. The number of carbonyl (C=O) groups excluding carboxylic acids is 2. The van der Waals surface area contributed by atoms with Crippen molar-refractivity contribution in [3.8, 4) is 5.06 Å². The number of nitrogens with zero attached hydrogens (tertiary/aromatic N) is 1. The average molecular weight is 419 g/mol. The Morgan fingerprint density at radius 1 is 1.34 bits per heavy atom. The van der Waals surface area contributed by atoms with E-state index in [4.69, 9.17) is 14.6 Å². The minimum atomic E-state index is -0.547. The van der Waals surface area contributed by atoms with E-state index >= 15 is 0 Å². The molecule has 1 fully saturated rings. The van der Waals surface area contributed by atoms with Crippen molar-refractivity contribution in [3.63, 3.8) is 0 Å². The Morgan fingerprint density at radius 2 is 2.03 bits per heavy atom. The molecule has 8 heteroatoms. The van der Waals surface area contributed by atoms with Crippen molar-refractivity contribution in [2.45, 2.75) is 38.8 Å². The third-order valence-electron chi connectivity index (χ3n) is 4.93. The molecular weight excluding hydrogens is 397 g/mol. The molecular formula is C21H22FNO5S. The molecule has 0 amide bonds. The Bertz CT molecular complexity index is 908. The van der Waals surface area contributed by atoms with E-state index in [1.165, 1.54) is 29.2 Å². The topological polar surface area (TPSA) is 83.9 Å². The second-order valence-corrected chi connectivity index (χ2v) is 8.13. The zero-order valence-corrected chi connectivity index (χ0v) is 16.8. The van der Waals surface area contributed by atoms with E-state index in [9.17, 15) is 14.0 Å². The summed E-state index contributed by atoms with van der Waals surface area (Å²) in [6.45, 7) is 2.38. The van der Waals surface area contributed by atoms with E-state index in [0.717, 1.165) is 24.8 Å². The van der Waals surface area contributed by atoms with Crippen LogP contribution in [0.4, 0.5) is 4.39 Å². The highest BCUT2D eigenvalue weighted by Crippen LogP contribution is 2.41. The first-order valence-electron chi connectivity index (χ1n) is 9.34. The lowest BCUT2D eigenvalue weighted by molar-refractivity contribution is -0.131. The van der Waals surface area contributed by atoms with Gasteiger partial charge in [-0.2, -0.15) is 0 Å². The molecule has 1 aliphatic heterocycles. The molecule has 4 rings (SSSR count). The highest BCUT2D eigenvalue weighted by Gasteiger charge is 2.40. The normalized spacial score (nSPS) is 16.8. The molecule has 154 valence electrons. The molecule has 0 bridgehead atoms. The van der Waals surface area contributed by atoms with E-state index in [-0.39, 0.29) is 30.0 Å². The zero-order chi connectivity index (χ0) is 21.0. The molecule has 2 aliphatic rings. The number of esters is 1. The van der Waals surface area contributed by atoms with Crippen LogP contribution in [0.2, 0.25) is 0 Å². The number of Topliss-reactive ketones (excluding diaryl/α,β-unsaturated/α-hetero) is 1. The summed E-state index contributed by atoms with van der Waals surface area (Å²) >= 11 is 1.47. The predicted molar refractivity (Wildman–Crippen MR) is 105 cm³/mol. The second kappa shape index (κ2) is 9.28. The molecule has 2 heterocycles. The molecule has 1 atom stereocenters. The van der Waals surface area contributed by atoms with Crippen molar-refractivity contribution in [3.05, 3.63) is 52.2 Å². The van der Waals surface area contributed by atoms with Gasteiger partial charge in [0.05, 0.1) is 6.04 Å². The summed E-state index contributed by atoms with van der Waals surface area (Å²) in [5.74, 6) is -0.495. The van der Waals surface area contributed by atoms with E-state index in [2.05, 4.69) is 4.90 Å². The fraction of sp³-hybridized carbons (Fsp3) is 0.381. The van der Waals surface area contributed by atoms with Gasteiger partial charge in [-0.1, -0.05) is 18.2 Å². The predicted octanol–water partition coefficient (Wildman–Crippen LogP) is 3.59. The maximum absolute atomic E-state index is 14.4. The molecule has 6 nitrogen and oxygen atoms in total. The van der Waals surface area contributed by atoms with Gasteiger partial charge in [0.2, 0.25) is 0 Å². The van der Waals surface area contributed by atoms with Crippen LogP contribution in [0.25, 0.3) is 0 Å². The van der Waals surface area contributed by atoms with Crippen LogP contribution in [0.3, 0.4) is 0 Å². The number of carboxylic acid groups (broad SMARTS) is 1. The van der Waals surface area contributed by atoms with Gasteiger partial charge in [0.15, 0.2) is 10.8 Å². The van der Waals surface area contributed by atoms with Gasteiger partial charge in [0.1, 0.15) is 5.82 Å². The van der Waals surface area contributed by atoms with Gasteiger partial charge >= 0.3 is 5.97 Å². The molecule has 1 N–H and O–H groups in total. The maximum Gasteiger partial charge on any atom is 0.308 e. The average Bonchev–Trinajstić information content (AvgIpc) is 3.44. The smallest absolute Gasteiger partial charge is 0.308 e. The van der Waals surface area contributed by atoms with Crippen LogP contribution >= 0.6 is 11.3 Å². The molecule has 1 saturated carbocycles. The Morgan fingerprint density at radius 3 is 2.66 bits per heavy atom. The van der Waals surface area contributed by atoms with Crippen molar-refractivity contribution < 1.29 is 28.6 Å². The first-order chi connectivity index (χ1) is 13.9. The molecule has 1 aliphatic carbocycles. The summed E-state index contributed by atoms with van der Waals surface area (Å²) < 4.78 is 19.6. The Labute approximate surface area is 171 Å². The van der Waals surface area contributed by atoms with Crippen molar-refractivity contribution in [1.29, 1.82) is 0 Å². The highest BCUT2D eigenvalue weighted by atomic mass is 32.1. The van der Waals surface area contributed by atoms with E-state index < -0.39 is 6.04 Å². The number of hydrogen-bond donors (Lipinski definition) is 1. The first kappa shape index (κ1) is 21.1. The van der Waals surface area contributed by atoms with Gasteiger partial charge in [0.25, 0.3) is 6.47 Å². The summed E-state index contributed by atoms with van der Waals surface area (Å²) in [5, 5.41) is 7.47. The van der Waals surface area contributed by atoms with Gasteiger partial charge in [0, 0.05) is 36.4 Å². The van der Waals surface area contributed by atoms with Crippen LogP contribution in [0.1, 0.15) is 41.8 Å². The molecule has 1 unspecified atom stereocenters. The van der Waals surface area contributed by atoms with Crippen molar-refractivity contribution in [2.24, 2.45) is 5.92 Å². The zero-order valence-electron chi connectivity index (χ0n) is 16.0.